The van der Waals surface area contributed by atoms with E-state index in [0.717, 1.165) is 30.0 Å². The Morgan fingerprint density at radius 3 is 2.69 bits per heavy atom. The molecule has 26 heavy (non-hydrogen) atoms. The van der Waals surface area contributed by atoms with E-state index in [1.165, 1.54) is 5.56 Å². The zero-order valence-corrected chi connectivity index (χ0v) is 14.8. The second-order valence-electron chi connectivity index (χ2n) is 6.55. The average Bonchev–Trinajstić information content (AvgIpc) is 3.36. The van der Waals surface area contributed by atoms with Crippen molar-refractivity contribution in [1.29, 1.82) is 0 Å². The molecule has 0 spiro atoms. The van der Waals surface area contributed by atoms with Gasteiger partial charge in [0, 0.05) is 24.6 Å². The highest BCUT2D eigenvalue weighted by molar-refractivity contribution is 5.95. The molecular weight excluding hydrogens is 324 g/mol. The normalized spacial score (nSPS) is 14.1. The van der Waals surface area contributed by atoms with Crippen LogP contribution in [-0.2, 0) is 11.2 Å². The summed E-state index contributed by atoms with van der Waals surface area (Å²) in [4.78, 5) is 15.0. The zero-order valence-electron chi connectivity index (χ0n) is 14.8. The minimum Gasteiger partial charge on any atom is -0.497 e. The third-order valence-electron chi connectivity index (χ3n) is 5.02. The van der Waals surface area contributed by atoms with Gasteiger partial charge in [0.25, 0.3) is 0 Å². The largest absolute Gasteiger partial charge is 0.497 e. The summed E-state index contributed by atoms with van der Waals surface area (Å²) in [6, 6.07) is 20.1. The highest BCUT2D eigenvalue weighted by Gasteiger charge is 2.27. The van der Waals surface area contributed by atoms with E-state index in [0.29, 0.717) is 6.42 Å². The number of amides is 1. The van der Waals surface area contributed by atoms with Crippen molar-refractivity contribution in [2.45, 2.75) is 18.9 Å². The Hall–Kier alpha value is -3.01. The summed E-state index contributed by atoms with van der Waals surface area (Å²) in [5.74, 6) is 0.954. The number of methoxy groups -OCH3 is 1. The van der Waals surface area contributed by atoms with Gasteiger partial charge in [-0.2, -0.15) is 0 Å². The molecule has 0 aliphatic carbocycles. The molecule has 4 nitrogen and oxygen atoms in total. The van der Waals surface area contributed by atoms with Gasteiger partial charge in [-0.1, -0.05) is 30.3 Å². The molecule has 2 heterocycles. The summed E-state index contributed by atoms with van der Waals surface area (Å²) in [7, 11) is 1.66. The number of rotatable bonds is 5. The summed E-state index contributed by atoms with van der Waals surface area (Å²) >= 11 is 0. The molecule has 0 saturated heterocycles. The first-order valence-corrected chi connectivity index (χ1v) is 8.91. The predicted octanol–water partition coefficient (Wildman–Crippen LogP) is 4.07. The molecule has 1 amide bonds. The van der Waals surface area contributed by atoms with Gasteiger partial charge in [0.15, 0.2) is 0 Å². The standard InChI is InChI=1S/C22H22N2O2/c1-26-19-9-6-8-18(15-19)21(23-12-4-5-13-23)16-22(25)24-14-11-17-7-2-3-10-20(17)24/h2-10,12-13,15,21H,11,14,16H2,1H3/t21-/m1/s1. The molecule has 0 unspecified atom stereocenters. The summed E-state index contributed by atoms with van der Waals surface area (Å²) < 4.78 is 7.46. The van der Waals surface area contributed by atoms with Crippen LogP contribution in [-0.4, -0.2) is 24.1 Å². The molecule has 3 aromatic rings. The van der Waals surface area contributed by atoms with Crippen molar-refractivity contribution in [2.24, 2.45) is 0 Å². The van der Waals surface area contributed by atoms with Gasteiger partial charge in [-0.15, -0.1) is 0 Å². The van der Waals surface area contributed by atoms with Gasteiger partial charge in [0.05, 0.1) is 19.6 Å². The van der Waals surface area contributed by atoms with Crippen LogP contribution in [0.15, 0.2) is 73.1 Å². The van der Waals surface area contributed by atoms with Crippen molar-refractivity contribution in [3.63, 3.8) is 0 Å². The fourth-order valence-electron chi connectivity index (χ4n) is 3.67. The number of carbonyl (C=O) groups excluding carboxylic acids is 1. The SMILES string of the molecule is COc1cccc([C@@H](CC(=O)N2CCc3ccccc32)n2cccc2)c1. The van der Waals surface area contributed by atoms with Crippen molar-refractivity contribution in [2.75, 3.05) is 18.6 Å². The van der Waals surface area contributed by atoms with Crippen molar-refractivity contribution >= 4 is 11.6 Å². The third kappa shape index (κ3) is 3.10. The minimum atomic E-state index is -0.0552. The Kier molecular flexibility index (Phi) is 4.48. The summed E-state index contributed by atoms with van der Waals surface area (Å²) in [5.41, 5.74) is 3.37. The van der Waals surface area contributed by atoms with Gasteiger partial charge < -0.3 is 14.2 Å². The first-order chi connectivity index (χ1) is 12.8. The number of para-hydroxylation sites is 1. The maximum Gasteiger partial charge on any atom is 0.229 e. The number of hydrogen-bond acceptors (Lipinski definition) is 2. The Morgan fingerprint density at radius 2 is 1.88 bits per heavy atom. The van der Waals surface area contributed by atoms with Gasteiger partial charge in [0.2, 0.25) is 5.91 Å². The molecule has 0 fully saturated rings. The number of ether oxygens (including phenoxy) is 1. The van der Waals surface area contributed by atoms with Crippen LogP contribution in [0, 0.1) is 0 Å². The fraction of sp³-hybridized carbons (Fsp3) is 0.227. The number of carbonyl (C=O) groups is 1. The van der Waals surface area contributed by atoms with E-state index >= 15 is 0 Å². The number of fused-ring (bicyclic) bond motifs is 1. The Balaban J connectivity index is 1.62. The maximum atomic E-state index is 13.1. The van der Waals surface area contributed by atoms with Crippen LogP contribution in [0.1, 0.15) is 23.6 Å². The van der Waals surface area contributed by atoms with Gasteiger partial charge in [-0.3, -0.25) is 4.79 Å². The second-order valence-corrected chi connectivity index (χ2v) is 6.55. The topological polar surface area (TPSA) is 34.5 Å². The molecule has 0 bridgehead atoms. The van der Waals surface area contributed by atoms with Crippen LogP contribution in [0.25, 0.3) is 0 Å². The molecule has 0 saturated carbocycles. The molecule has 1 aromatic heterocycles. The van der Waals surface area contributed by atoms with Crippen molar-refractivity contribution in [1.82, 2.24) is 4.57 Å². The lowest BCUT2D eigenvalue weighted by molar-refractivity contribution is -0.119. The van der Waals surface area contributed by atoms with E-state index in [9.17, 15) is 4.79 Å². The molecule has 1 aliphatic heterocycles. The van der Waals surface area contributed by atoms with E-state index in [4.69, 9.17) is 4.74 Å². The first kappa shape index (κ1) is 16.5. The first-order valence-electron chi connectivity index (χ1n) is 8.91. The monoisotopic (exact) mass is 346 g/mol. The molecule has 4 heteroatoms. The van der Waals surface area contributed by atoms with Gasteiger partial charge in [0.1, 0.15) is 5.75 Å². The van der Waals surface area contributed by atoms with Gasteiger partial charge in [-0.25, -0.2) is 0 Å². The van der Waals surface area contributed by atoms with Crippen molar-refractivity contribution in [3.05, 3.63) is 84.2 Å². The maximum absolute atomic E-state index is 13.1. The highest BCUT2D eigenvalue weighted by atomic mass is 16.5. The molecule has 2 aromatic carbocycles. The van der Waals surface area contributed by atoms with Crippen LogP contribution in [0.4, 0.5) is 5.69 Å². The van der Waals surface area contributed by atoms with E-state index in [1.54, 1.807) is 7.11 Å². The Morgan fingerprint density at radius 1 is 1.08 bits per heavy atom. The van der Waals surface area contributed by atoms with Gasteiger partial charge in [-0.05, 0) is 47.9 Å². The number of hydrogen-bond donors (Lipinski definition) is 0. The number of aromatic nitrogens is 1. The van der Waals surface area contributed by atoms with Crippen LogP contribution in [0.5, 0.6) is 5.75 Å². The van der Waals surface area contributed by atoms with E-state index in [2.05, 4.69) is 16.7 Å². The smallest absolute Gasteiger partial charge is 0.229 e. The minimum absolute atomic E-state index is 0.0552. The lowest BCUT2D eigenvalue weighted by Gasteiger charge is -2.24. The number of benzene rings is 2. The lowest BCUT2D eigenvalue weighted by Crippen LogP contribution is -2.31. The lowest BCUT2D eigenvalue weighted by atomic mass is 10.0. The number of anilines is 1. The molecule has 0 N–H and O–H groups in total. The summed E-state index contributed by atoms with van der Waals surface area (Å²) in [6.45, 7) is 0.759. The summed E-state index contributed by atoms with van der Waals surface area (Å²) in [6.07, 6.45) is 5.36. The van der Waals surface area contributed by atoms with Crippen LogP contribution < -0.4 is 9.64 Å². The molecule has 1 aliphatic rings. The van der Waals surface area contributed by atoms with E-state index in [1.807, 2.05) is 65.8 Å². The average molecular weight is 346 g/mol. The fourth-order valence-corrected chi connectivity index (χ4v) is 3.67. The third-order valence-corrected chi connectivity index (χ3v) is 5.02. The Labute approximate surface area is 153 Å². The predicted molar refractivity (Wildman–Crippen MR) is 103 cm³/mol. The van der Waals surface area contributed by atoms with Crippen LogP contribution in [0.2, 0.25) is 0 Å². The molecule has 1 atom stereocenters. The van der Waals surface area contributed by atoms with E-state index in [-0.39, 0.29) is 11.9 Å². The van der Waals surface area contributed by atoms with Crippen molar-refractivity contribution < 1.29 is 9.53 Å². The second kappa shape index (κ2) is 7.08. The van der Waals surface area contributed by atoms with Gasteiger partial charge >= 0.3 is 0 Å². The summed E-state index contributed by atoms with van der Waals surface area (Å²) in [5, 5.41) is 0. The zero-order chi connectivity index (χ0) is 17.9. The van der Waals surface area contributed by atoms with Crippen LogP contribution in [0.3, 0.4) is 0 Å². The quantitative estimate of drug-likeness (QED) is 0.698. The molecule has 4 rings (SSSR count). The van der Waals surface area contributed by atoms with Crippen LogP contribution >= 0.6 is 0 Å². The van der Waals surface area contributed by atoms with E-state index < -0.39 is 0 Å². The number of nitrogens with zero attached hydrogens (tertiary/aromatic N) is 2. The van der Waals surface area contributed by atoms with Crippen molar-refractivity contribution in [3.8, 4) is 5.75 Å². The molecule has 132 valence electrons. The molecular formula is C22H22N2O2. The Bertz CT molecular complexity index is 902. The highest BCUT2D eigenvalue weighted by Crippen LogP contribution is 2.31. The molecule has 0 radical (unpaired) electrons.